The summed E-state index contributed by atoms with van der Waals surface area (Å²) in [6.07, 6.45) is 21.3. The van der Waals surface area contributed by atoms with Crippen molar-refractivity contribution in [3.05, 3.63) is 338 Å². The van der Waals surface area contributed by atoms with Crippen molar-refractivity contribution in [1.82, 2.24) is 49.4 Å². The third-order valence-corrected chi connectivity index (χ3v) is 26.1. The number of imidazole rings is 1. The lowest BCUT2D eigenvalue weighted by molar-refractivity contribution is -0.663. The van der Waals surface area contributed by atoms with Crippen molar-refractivity contribution in [2.75, 3.05) is 0 Å². The summed E-state index contributed by atoms with van der Waals surface area (Å²) in [7, 11) is 12.1. The predicted molar refractivity (Wildman–Crippen MR) is 524 cm³/mol. The zero-order valence-electron chi connectivity index (χ0n) is 78.0. The molecule has 20 nitrogen and oxygen atoms in total. The van der Waals surface area contributed by atoms with Crippen LogP contribution >= 0.6 is 0 Å². The van der Waals surface area contributed by atoms with Gasteiger partial charge in [-0.25, -0.2) is 48.2 Å². The third-order valence-electron chi connectivity index (χ3n) is 26.1. The van der Waals surface area contributed by atoms with Gasteiger partial charge in [0.25, 0.3) is 18.5 Å². The summed E-state index contributed by atoms with van der Waals surface area (Å²) in [5, 5.41) is 22.6. The molecule has 26 rings (SSSR count). The Balaban J connectivity index is 0.0000000982. The first kappa shape index (κ1) is 77.6. The van der Waals surface area contributed by atoms with Gasteiger partial charge >= 0.3 is 0 Å². The number of hydrogen-bond donors (Lipinski definition) is 0. The molecule has 0 radical (unpaired) electrons. The summed E-state index contributed by atoms with van der Waals surface area (Å²) in [6.45, 7) is 12.5. The first-order chi connectivity index (χ1) is 65.6. The lowest BCUT2D eigenvalue weighted by Crippen LogP contribution is -2.31. The van der Waals surface area contributed by atoms with E-state index in [1.54, 1.807) is 47.9 Å². The Bertz CT molecular complexity index is 9170. The van der Waals surface area contributed by atoms with Gasteiger partial charge in [-0.05, 0) is 203 Å². The zero-order chi connectivity index (χ0) is 92.7. The Kier molecular flexibility index (Phi) is 18.9. The molecule has 0 aliphatic heterocycles. The number of aromatic nitrogens is 15. The van der Waals surface area contributed by atoms with E-state index in [1.165, 1.54) is 76.4 Å². The number of furan rings is 5. The Morgan fingerprint density at radius 1 is 0.295 bits per heavy atom. The number of rotatable bonds is 5. The van der Waals surface area contributed by atoms with Gasteiger partial charge in [0.05, 0.1) is 69.0 Å². The molecule has 0 saturated heterocycles. The molecule has 15 aromatic heterocycles. The molecule has 0 amide bonds. The second-order valence-corrected chi connectivity index (χ2v) is 33.9. The smallest absolute Gasteiger partial charge is 0.293 e. The summed E-state index contributed by atoms with van der Waals surface area (Å²) in [4.78, 5) is 39.5. The van der Waals surface area contributed by atoms with E-state index in [0.717, 1.165) is 166 Å². The lowest BCUT2D eigenvalue weighted by Gasteiger charge is -2.11. The Morgan fingerprint density at radius 2 is 0.674 bits per heavy atom. The monoisotopic (exact) mass is 1730 g/mol. The van der Waals surface area contributed by atoms with Crippen LogP contribution in [0.5, 0.6) is 0 Å². The van der Waals surface area contributed by atoms with Gasteiger partial charge in [-0.1, -0.05) is 143 Å². The first-order valence-electron chi connectivity index (χ1n) is 45.3. The second-order valence-electron chi connectivity index (χ2n) is 33.9. The quantitative estimate of drug-likeness (QED) is 0.147. The molecule has 20 heteroatoms. The maximum Gasteiger partial charge on any atom is 0.293 e. The van der Waals surface area contributed by atoms with Crippen LogP contribution in [0.1, 0.15) is 49.0 Å². The molecule has 26 aromatic rings. The molecule has 0 aliphatic rings. The van der Waals surface area contributed by atoms with E-state index in [2.05, 4.69) is 272 Å². The molecule has 15 heterocycles. The SMILES string of the molecule is Cc1c(-c2ccnc[n+]2C)c2oc3ncccc3c2c2ccccc12.Cc1c(-c2cncc[n+]2C)c2oc3ncccc3c2c2ccccc12.Cc1cc(-c2c(C)c3ccccc3c3c2oc2ncccc23)[n+](C)cn1.Cc1ccc2c(n1)oc1c(-c3n(C)c4ccccc4[n+]3C)c(C)c3ccccc3c12.[2H]C([2H])([2H])c1c[n+](C)c(-c2c(C)c3ccccc3c3c2oc2ncccc23)cn1. The zero-order valence-corrected chi connectivity index (χ0v) is 75.0. The molecular weight excluding hydrogens is 1640 g/mol. The van der Waals surface area contributed by atoms with Crippen molar-refractivity contribution in [3.8, 4) is 56.4 Å². The van der Waals surface area contributed by atoms with Gasteiger partial charge in [0.2, 0.25) is 40.0 Å². The number of benzene rings is 11. The van der Waals surface area contributed by atoms with E-state index in [-0.39, 0.29) is 5.69 Å². The highest BCUT2D eigenvalue weighted by Crippen LogP contribution is 2.49. The number of para-hydroxylation sites is 2. The summed E-state index contributed by atoms with van der Waals surface area (Å²) < 4.78 is 66.8. The van der Waals surface area contributed by atoms with Crippen LogP contribution in [0, 0.1) is 55.3 Å². The molecular formula is C112H90N15O5+5. The first-order valence-corrected chi connectivity index (χ1v) is 43.8. The molecule has 11 aromatic carbocycles. The molecule has 0 aliphatic carbocycles. The van der Waals surface area contributed by atoms with Gasteiger partial charge in [0, 0.05) is 108 Å². The topological polar surface area (TPSA) is 206 Å². The minimum absolute atomic E-state index is 0.0599. The molecule has 0 unspecified atom stereocenters. The fourth-order valence-corrected chi connectivity index (χ4v) is 19.9. The van der Waals surface area contributed by atoms with Gasteiger partial charge < -0.3 is 22.1 Å². The van der Waals surface area contributed by atoms with Crippen molar-refractivity contribution < 1.29 is 49.0 Å². The highest BCUT2D eigenvalue weighted by molar-refractivity contribution is 6.28. The van der Waals surface area contributed by atoms with E-state index in [9.17, 15) is 0 Å². The van der Waals surface area contributed by atoms with Crippen molar-refractivity contribution in [1.29, 1.82) is 0 Å². The van der Waals surface area contributed by atoms with Crippen LogP contribution in [0.25, 0.3) is 232 Å². The number of aryl methyl sites for hydroxylation is 14. The maximum absolute atomic E-state index is 7.63. The normalized spacial score (nSPS) is 12.1. The van der Waals surface area contributed by atoms with E-state index < -0.39 is 6.85 Å². The minimum Gasteiger partial charge on any atom is -0.437 e. The average Bonchev–Trinajstić information content (AvgIpc) is 1.76. The van der Waals surface area contributed by atoms with Crippen molar-refractivity contribution in [2.45, 2.75) is 55.3 Å². The molecule has 638 valence electrons. The molecule has 0 atom stereocenters. The van der Waals surface area contributed by atoms with Crippen LogP contribution in [0.2, 0.25) is 0 Å². The molecule has 0 saturated carbocycles. The fourth-order valence-electron chi connectivity index (χ4n) is 19.9. The summed E-state index contributed by atoms with van der Waals surface area (Å²) >= 11 is 0. The molecule has 0 bridgehead atoms. The van der Waals surface area contributed by atoms with Gasteiger partial charge in [-0.3, -0.25) is 4.98 Å². The molecule has 0 N–H and O–H groups in total. The fraction of sp³-hybridized carbons (Fsp3) is 0.125. The van der Waals surface area contributed by atoms with E-state index in [1.807, 2.05) is 131 Å². The largest absolute Gasteiger partial charge is 0.437 e. The van der Waals surface area contributed by atoms with Crippen LogP contribution in [-0.4, -0.2) is 49.4 Å². The Labute approximate surface area is 761 Å². The minimum atomic E-state index is -2.26. The van der Waals surface area contributed by atoms with E-state index in [4.69, 9.17) is 31.2 Å². The molecule has 0 fully saturated rings. The standard InChI is InChI=1S/C26H22N3O.2C22H18N3O.2C21H16N3O/c1-15-13-14-19-23-18-10-6-5-9-17(18)16(2)22(24(23)30-25(19)27-15)26-28(3)20-11-7-8-12-21(20)29(26)4;1-13-12-25(3)18(11-24-13)19-14(2)15-7-4-5-8-16(15)20-17-9-6-10-23-22(17)26-21(19)20;1-13-11-18(25(3)12-24-13)19-14(2)15-7-4-5-8-16(15)20-17-9-6-10-23-22(17)26-21(19)20;1-13-14-6-3-4-7-15(14)19-16-8-5-10-23-21(16)25-20(19)18(13)17-9-11-22-12-24(17)2;1-13-14-6-3-4-7-15(14)19-16-8-5-9-23-21(16)25-20(19)18(13)17-12-22-10-11-24(17)2/h5-14H,1-4H3;2*4-12H,1-3H3;2*3-12H,1-2H3/q5*+1/i;1D3;;;. The van der Waals surface area contributed by atoms with Crippen LogP contribution in [-0.2, 0) is 42.3 Å². The second kappa shape index (κ2) is 32.2. The average molecular weight is 1730 g/mol. The summed E-state index contributed by atoms with van der Waals surface area (Å²) in [5.41, 5.74) is 27.0. The number of hydrogen-bond acceptors (Lipinski definition) is 14. The van der Waals surface area contributed by atoms with Gasteiger partial charge in [-0.15, -0.1) is 0 Å². The van der Waals surface area contributed by atoms with Crippen LogP contribution in [0.3, 0.4) is 0 Å². The Hall–Kier alpha value is -16.7. The van der Waals surface area contributed by atoms with Crippen LogP contribution in [0.4, 0.5) is 0 Å². The van der Waals surface area contributed by atoms with Crippen LogP contribution in [0.15, 0.2) is 315 Å². The highest BCUT2D eigenvalue weighted by atomic mass is 16.4. The highest BCUT2D eigenvalue weighted by Gasteiger charge is 2.33. The third kappa shape index (κ3) is 13.1. The van der Waals surface area contributed by atoms with Gasteiger partial charge in [0.1, 0.15) is 54.1 Å². The summed E-state index contributed by atoms with van der Waals surface area (Å²) in [5.74, 6) is 1.13. The number of fused-ring (bicyclic) bond motifs is 26. The van der Waals surface area contributed by atoms with Crippen LogP contribution < -0.4 is 22.8 Å². The van der Waals surface area contributed by atoms with E-state index >= 15 is 0 Å². The van der Waals surface area contributed by atoms with E-state index in [0.29, 0.717) is 28.6 Å². The summed E-state index contributed by atoms with van der Waals surface area (Å²) in [6, 6.07) is 75.1. The molecule has 132 heavy (non-hydrogen) atoms. The lowest BCUT2D eigenvalue weighted by atomic mass is 9.93. The number of nitrogens with zero attached hydrogens (tertiary/aromatic N) is 15. The maximum atomic E-state index is 7.63. The Morgan fingerprint density at radius 3 is 1.11 bits per heavy atom. The van der Waals surface area contributed by atoms with Gasteiger partial charge in [0.15, 0.2) is 45.9 Å². The number of pyridine rings is 5. The van der Waals surface area contributed by atoms with Gasteiger partial charge in [-0.2, -0.15) is 9.13 Å². The van der Waals surface area contributed by atoms with Crippen molar-refractivity contribution in [3.63, 3.8) is 0 Å². The predicted octanol–water partition coefficient (Wildman–Crippen LogP) is 23.7. The molecule has 0 spiro atoms. The van der Waals surface area contributed by atoms with Crippen molar-refractivity contribution >= 4 is 175 Å². The van der Waals surface area contributed by atoms with Crippen molar-refractivity contribution in [2.24, 2.45) is 42.3 Å².